The number of hydrogen-bond acceptors (Lipinski definition) is 5. The minimum absolute atomic E-state index is 0.0238. The number of hydrogen-bond donors (Lipinski definition) is 3. The second-order valence-electron chi connectivity index (χ2n) is 6.59. The van der Waals surface area contributed by atoms with Gasteiger partial charge in [0.15, 0.2) is 17.0 Å². The van der Waals surface area contributed by atoms with Gasteiger partial charge in [-0.25, -0.2) is 9.48 Å². The topological polar surface area (TPSA) is 114 Å². The lowest BCUT2D eigenvalue weighted by Gasteiger charge is -2.18. The fourth-order valence-corrected chi connectivity index (χ4v) is 2.00. The quantitative estimate of drug-likeness (QED) is 0.656. The van der Waals surface area contributed by atoms with Crippen LogP contribution in [0.15, 0.2) is 36.5 Å². The van der Waals surface area contributed by atoms with E-state index < -0.39 is 24.0 Å². The van der Waals surface area contributed by atoms with E-state index in [9.17, 15) is 14.7 Å². The number of carboxylic acids is 1. The van der Waals surface area contributed by atoms with Crippen LogP contribution in [-0.2, 0) is 4.79 Å². The van der Waals surface area contributed by atoms with E-state index >= 15 is 0 Å². The van der Waals surface area contributed by atoms with Crippen LogP contribution in [0.1, 0.15) is 31.3 Å². The third kappa shape index (κ3) is 4.82. The Morgan fingerprint density at radius 1 is 1.31 bits per heavy atom. The Bertz CT molecular complexity index is 768. The molecule has 8 heteroatoms. The smallest absolute Gasteiger partial charge is 0.337 e. The van der Waals surface area contributed by atoms with E-state index in [-0.39, 0.29) is 17.4 Å². The minimum Gasteiger partial charge on any atom is -0.489 e. The van der Waals surface area contributed by atoms with E-state index in [1.54, 1.807) is 6.20 Å². The summed E-state index contributed by atoms with van der Waals surface area (Å²) < 4.78 is 7.19. The van der Waals surface area contributed by atoms with Crippen molar-refractivity contribution < 1.29 is 24.5 Å². The summed E-state index contributed by atoms with van der Waals surface area (Å²) in [4.78, 5) is 23.4. The number of aromatic nitrogens is 2. The van der Waals surface area contributed by atoms with Gasteiger partial charge < -0.3 is 20.3 Å². The molecule has 2 rings (SSSR count). The molecule has 1 aromatic carbocycles. The van der Waals surface area contributed by atoms with Gasteiger partial charge in [-0.2, -0.15) is 5.10 Å². The van der Waals surface area contributed by atoms with Gasteiger partial charge in [-0.1, -0.05) is 32.0 Å². The number of nitrogens with one attached hydrogen (secondary N) is 1. The van der Waals surface area contributed by atoms with E-state index in [1.807, 2.05) is 44.2 Å². The number of rotatable bonds is 8. The van der Waals surface area contributed by atoms with Gasteiger partial charge in [-0.15, -0.1) is 0 Å². The van der Waals surface area contributed by atoms with Gasteiger partial charge in [-0.05, 0) is 25.0 Å². The first kappa shape index (κ1) is 19.5. The lowest BCUT2D eigenvalue weighted by molar-refractivity contribution is -0.155. The monoisotopic (exact) mass is 361 g/mol. The van der Waals surface area contributed by atoms with Crippen molar-refractivity contribution in [2.45, 2.75) is 26.4 Å². The Hall–Kier alpha value is -2.87. The summed E-state index contributed by atoms with van der Waals surface area (Å²) in [6.07, 6.45) is 1.60. The van der Waals surface area contributed by atoms with Gasteiger partial charge in [0, 0.05) is 0 Å². The fourth-order valence-electron chi connectivity index (χ4n) is 2.00. The summed E-state index contributed by atoms with van der Waals surface area (Å²) in [6.45, 7) is 5.00. The predicted octanol–water partition coefficient (Wildman–Crippen LogP) is 1.47. The second kappa shape index (κ2) is 8.01. The molecule has 0 radical (unpaired) electrons. The molecule has 0 aliphatic carbocycles. The summed E-state index contributed by atoms with van der Waals surface area (Å²) in [5.74, 6) is -1.52. The summed E-state index contributed by atoms with van der Waals surface area (Å²) in [5.41, 5.74) is -1.30. The number of carbonyl (C=O) groups is 2. The number of benzene rings is 1. The molecule has 0 fully saturated rings. The molecular weight excluding hydrogens is 338 g/mol. The zero-order valence-corrected chi connectivity index (χ0v) is 15.0. The predicted molar refractivity (Wildman–Crippen MR) is 94.5 cm³/mol. The van der Waals surface area contributed by atoms with Gasteiger partial charge >= 0.3 is 5.97 Å². The van der Waals surface area contributed by atoms with Crippen LogP contribution in [-0.4, -0.2) is 50.6 Å². The molecule has 0 aliphatic heterocycles. The van der Waals surface area contributed by atoms with Crippen molar-refractivity contribution in [1.29, 1.82) is 0 Å². The summed E-state index contributed by atoms with van der Waals surface area (Å²) in [7, 11) is 0. The third-order valence-electron chi connectivity index (χ3n) is 3.54. The summed E-state index contributed by atoms with van der Waals surface area (Å²) in [6, 6.07) is 9.21. The van der Waals surface area contributed by atoms with Crippen LogP contribution in [0.3, 0.4) is 0 Å². The first-order chi connectivity index (χ1) is 12.2. The van der Waals surface area contributed by atoms with Crippen molar-refractivity contribution in [3.05, 3.63) is 42.2 Å². The Kier molecular flexibility index (Phi) is 5.99. The van der Waals surface area contributed by atoms with Crippen LogP contribution >= 0.6 is 0 Å². The largest absolute Gasteiger partial charge is 0.489 e. The molecule has 0 saturated heterocycles. The maximum atomic E-state index is 12.5. The highest BCUT2D eigenvalue weighted by Crippen LogP contribution is 2.21. The summed E-state index contributed by atoms with van der Waals surface area (Å²) >= 11 is 0. The number of carbonyl (C=O) groups excluding carboxylic acids is 1. The first-order valence-electron chi connectivity index (χ1n) is 8.22. The molecule has 140 valence electrons. The SMILES string of the molecule is CC(C)COc1cn(-c2ccccc2)nc1C(=O)NCC(C)(O)C(=O)O. The minimum atomic E-state index is -2.07. The van der Waals surface area contributed by atoms with Gasteiger partial charge in [-0.3, -0.25) is 4.79 Å². The Morgan fingerprint density at radius 3 is 2.54 bits per heavy atom. The molecular formula is C18H23N3O5. The molecule has 3 N–H and O–H groups in total. The zero-order chi connectivity index (χ0) is 19.3. The molecule has 1 unspecified atom stereocenters. The zero-order valence-electron chi connectivity index (χ0n) is 15.0. The van der Waals surface area contributed by atoms with Crippen molar-refractivity contribution in [1.82, 2.24) is 15.1 Å². The molecule has 1 aromatic heterocycles. The van der Waals surface area contributed by atoms with Crippen LogP contribution in [0.2, 0.25) is 0 Å². The van der Waals surface area contributed by atoms with Crippen molar-refractivity contribution in [3.63, 3.8) is 0 Å². The van der Waals surface area contributed by atoms with Crippen LogP contribution in [0.25, 0.3) is 5.69 Å². The van der Waals surface area contributed by atoms with E-state index in [4.69, 9.17) is 9.84 Å². The van der Waals surface area contributed by atoms with Gasteiger partial charge in [0.25, 0.3) is 5.91 Å². The highest BCUT2D eigenvalue weighted by molar-refractivity contribution is 5.95. The molecule has 0 spiro atoms. The average Bonchev–Trinajstić information content (AvgIpc) is 3.03. The molecule has 2 aromatic rings. The molecule has 26 heavy (non-hydrogen) atoms. The number of para-hydroxylation sites is 1. The van der Waals surface area contributed by atoms with E-state index in [0.29, 0.717) is 6.61 Å². The van der Waals surface area contributed by atoms with Crippen molar-refractivity contribution in [3.8, 4) is 11.4 Å². The number of nitrogens with zero attached hydrogens (tertiary/aromatic N) is 2. The van der Waals surface area contributed by atoms with Crippen LogP contribution < -0.4 is 10.1 Å². The Labute approximate surface area is 151 Å². The van der Waals surface area contributed by atoms with E-state index in [0.717, 1.165) is 12.6 Å². The van der Waals surface area contributed by atoms with Crippen molar-refractivity contribution in [2.75, 3.05) is 13.2 Å². The molecule has 1 atom stereocenters. The van der Waals surface area contributed by atoms with Crippen LogP contribution in [0.4, 0.5) is 0 Å². The molecule has 0 saturated carbocycles. The molecule has 0 bridgehead atoms. The summed E-state index contributed by atoms with van der Waals surface area (Å²) in [5, 5.41) is 25.3. The molecule has 1 amide bonds. The number of aliphatic carboxylic acids is 1. The molecule has 0 aliphatic rings. The lowest BCUT2D eigenvalue weighted by atomic mass is 10.1. The van der Waals surface area contributed by atoms with Gasteiger partial charge in [0.2, 0.25) is 0 Å². The molecule has 8 nitrogen and oxygen atoms in total. The second-order valence-corrected chi connectivity index (χ2v) is 6.59. The number of carboxylic acid groups (broad SMARTS) is 1. The maximum Gasteiger partial charge on any atom is 0.337 e. The Balaban J connectivity index is 2.25. The van der Waals surface area contributed by atoms with Crippen LogP contribution in [0.5, 0.6) is 5.75 Å². The number of ether oxygens (including phenoxy) is 1. The lowest BCUT2D eigenvalue weighted by Crippen LogP contribution is -2.46. The van der Waals surface area contributed by atoms with Gasteiger partial charge in [0.05, 0.1) is 25.0 Å². The normalized spacial score (nSPS) is 13.3. The fraction of sp³-hybridized carbons (Fsp3) is 0.389. The van der Waals surface area contributed by atoms with Gasteiger partial charge in [0.1, 0.15) is 0 Å². The first-order valence-corrected chi connectivity index (χ1v) is 8.22. The number of amides is 1. The van der Waals surface area contributed by atoms with Crippen molar-refractivity contribution >= 4 is 11.9 Å². The highest BCUT2D eigenvalue weighted by Gasteiger charge is 2.31. The van der Waals surface area contributed by atoms with E-state index in [1.165, 1.54) is 4.68 Å². The Morgan fingerprint density at radius 2 is 1.96 bits per heavy atom. The standard InChI is InChI=1S/C18H23N3O5/c1-12(2)10-26-14-9-21(13-7-5-4-6-8-13)20-15(14)16(22)19-11-18(3,25)17(23)24/h4-9,12,25H,10-11H2,1-3H3,(H,19,22)(H,23,24). The maximum absolute atomic E-state index is 12.5. The third-order valence-corrected chi connectivity index (χ3v) is 3.54. The highest BCUT2D eigenvalue weighted by atomic mass is 16.5. The van der Waals surface area contributed by atoms with Crippen LogP contribution in [0, 0.1) is 5.92 Å². The average molecular weight is 361 g/mol. The number of aliphatic hydroxyl groups is 1. The van der Waals surface area contributed by atoms with E-state index in [2.05, 4.69) is 10.4 Å². The van der Waals surface area contributed by atoms with Crippen molar-refractivity contribution in [2.24, 2.45) is 5.92 Å². The molecule has 1 heterocycles.